The molecule has 146 valence electrons. The first-order valence-electron chi connectivity index (χ1n) is 9.47. The van der Waals surface area contributed by atoms with Crippen molar-refractivity contribution in [2.24, 2.45) is 0 Å². The molecule has 0 saturated carbocycles. The van der Waals surface area contributed by atoms with Gasteiger partial charge in [0.25, 0.3) is 5.91 Å². The van der Waals surface area contributed by atoms with E-state index in [4.69, 9.17) is 16.3 Å². The smallest absolute Gasteiger partial charge is 0.325 e. The zero-order chi connectivity index (χ0) is 19.0. The molecule has 1 aromatic rings. The second kappa shape index (κ2) is 7.30. The summed E-state index contributed by atoms with van der Waals surface area (Å²) in [5, 5.41) is 12.9. The van der Waals surface area contributed by atoms with Crippen LogP contribution in [0.2, 0.25) is 5.02 Å². The molecule has 0 aromatic heterocycles. The summed E-state index contributed by atoms with van der Waals surface area (Å²) in [6.07, 6.45) is 2.47. The number of aliphatic hydroxyl groups is 1. The van der Waals surface area contributed by atoms with Crippen molar-refractivity contribution in [3.63, 3.8) is 0 Å². The van der Waals surface area contributed by atoms with Crippen LogP contribution in [0.4, 0.5) is 4.79 Å². The van der Waals surface area contributed by atoms with Crippen molar-refractivity contribution in [2.75, 3.05) is 32.8 Å². The van der Waals surface area contributed by atoms with Crippen molar-refractivity contribution in [1.82, 2.24) is 15.1 Å². The lowest BCUT2D eigenvalue weighted by molar-refractivity contribution is -0.132. The van der Waals surface area contributed by atoms with Crippen LogP contribution in [0.3, 0.4) is 0 Å². The first kappa shape index (κ1) is 18.5. The van der Waals surface area contributed by atoms with Crippen molar-refractivity contribution in [1.29, 1.82) is 0 Å². The summed E-state index contributed by atoms with van der Waals surface area (Å²) in [7, 11) is 0. The molecule has 2 fully saturated rings. The van der Waals surface area contributed by atoms with Gasteiger partial charge in [-0.25, -0.2) is 4.79 Å². The van der Waals surface area contributed by atoms with Crippen LogP contribution < -0.4 is 10.1 Å². The molecule has 2 N–H and O–H groups in total. The van der Waals surface area contributed by atoms with E-state index in [1.54, 1.807) is 18.2 Å². The number of imide groups is 1. The van der Waals surface area contributed by atoms with E-state index < -0.39 is 5.54 Å². The van der Waals surface area contributed by atoms with Gasteiger partial charge >= 0.3 is 6.03 Å². The molecule has 2 saturated heterocycles. The van der Waals surface area contributed by atoms with Crippen molar-refractivity contribution in [3.05, 3.63) is 28.8 Å². The van der Waals surface area contributed by atoms with Gasteiger partial charge in [-0.05, 0) is 31.9 Å². The highest BCUT2D eigenvalue weighted by molar-refractivity contribution is 6.32. The Bertz CT molecular complexity index is 750. The summed E-state index contributed by atoms with van der Waals surface area (Å²) in [6.45, 7) is 3.22. The number of nitrogens with one attached hydrogen (secondary N) is 1. The van der Waals surface area contributed by atoms with Gasteiger partial charge in [0, 0.05) is 31.6 Å². The second-order valence-electron chi connectivity index (χ2n) is 7.43. The SMILES string of the molecule is O=C1NC2(CCOc3c(Cl)cccc32)C(=O)N1CCCN1CCC(O)CC1. The molecule has 3 aliphatic heterocycles. The molecule has 3 heterocycles. The Kier molecular flexibility index (Phi) is 5.01. The number of halogens is 1. The molecule has 7 nitrogen and oxygen atoms in total. The fourth-order valence-corrected chi connectivity index (χ4v) is 4.44. The van der Waals surface area contributed by atoms with E-state index in [0.29, 0.717) is 42.3 Å². The van der Waals surface area contributed by atoms with E-state index in [-0.39, 0.29) is 18.0 Å². The van der Waals surface area contributed by atoms with Gasteiger partial charge in [0.2, 0.25) is 0 Å². The Morgan fingerprint density at radius 2 is 2.04 bits per heavy atom. The quantitative estimate of drug-likeness (QED) is 0.761. The summed E-state index contributed by atoms with van der Waals surface area (Å²) in [4.78, 5) is 29.3. The first-order valence-corrected chi connectivity index (χ1v) is 9.85. The predicted molar refractivity (Wildman–Crippen MR) is 99.8 cm³/mol. The van der Waals surface area contributed by atoms with Crippen molar-refractivity contribution in [3.8, 4) is 5.75 Å². The van der Waals surface area contributed by atoms with E-state index >= 15 is 0 Å². The Morgan fingerprint density at radius 1 is 1.26 bits per heavy atom. The fraction of sp³-hybridized carbons (Fsp3) is 0.579. The number of benzene rings is 1. The monoisotopic (exact) mass is 393 g/mol. The number of piperidine rings is 1. The van der Waals surface area contributed by atoms with E-state index in [2.05, 4.69) is 10.2 Å². The van der Waals surface area contributed by atoms with E-state index in [9.17, 15) is 14.7 Å². The molecule has 1 aromatic carbocycles. The van der Waals surface area contributed by atoms with Gasteiger partial charge in [0.05, 0.1) is 17.7 Å². The molecule has 3 amide bonds. The number of aliphatic hydroxyl groups excluding tert-OH is 1. The van der Waals surface area contributed by atoms with E-state index in [1.165, 1.54) is 4.90 Å². The summed E-state index contributed by atoms with van der Waals surface area (Å²) >= 11 is 6.22. The fourth-order valence-electron chi connectivity index (χ4n) is 4.21. The highest BCUT2D eigenvalue weighted by Gasteiger charge is 2.54. The molecule has 8 heteroatoms. The van der Waals surface area contributed by atoms with Crippen LogP contribution in [0.1, 0.15) is 31.2 Å². The number of hydrogen-bond donors (Lipinski definition) is 2. The van der Waals surface area contributed by atoms with Crippen molar-refractivity contribution < 1.29 is 19.4 Å². The zero-order valence-corrected chi connectivity index (χ0v) is 15.9. The number of para-hydroxylation sites is 1. The van der Waals surface area contributed by atoms with Gasteiger partial charge in [-0.3, -0.25) is 9.69 Å². The first-order chi connectivity index (χ1) is 13.0. The van der Waals surface area contributed by atoms with Gasteiger partial charge in [-0.2, -0.15) is 0 Å². The topological polar surface area (TPSA) is 82.1 Å². The van der Waals surface area contributed by atoms with Crippen molar-refractivity contribution >= 4 is 23.5 Å². The van der Waals surface area contributed by atoms with E-state index in [0.717, 1.165) is 32.5 Å². The highest BCUT2D eigenvalue weighted by atomic mass is 35.5. The molecule has 0 aliphatic carbocycles. The number of fused-ring (bicyclic) bond motifs is 2. The van der Waals surface area contributed by atoms with Crippen LogP contribution in [0.25, 0.3) is 0 Å². The maximum atomic E-state index is 13.2. The molecule has 1 atom stereocenters. The molecule has 0 bridgehead atoms. The number of carbonyl (C=O) groups excluding carboxylic acids is 2. The lowest BCUT2D eigenvalue weighted by Crippen LogP contribution is -2.47. The number of ether oxygens (including phenoxy) is 1. The molecule has 27 heavy (non-hydrogen) atoms. The average Bonchev–Trinajstić information content (AvgIpc) is 2.89. The molecule has 1 spiro atoms. The number of amides is 3. The number of nitrogens with zero attached hydrogens (tertiary/aromatic N) is 2. The van der Waals surface area contributed by atoms with Crippen LogP contribution in [0.15, 0.2) is 18.2 Å². The van der Waals surface area contributed by atoms with Gasteiger partial charge < -0.3 is 20.1 Å². The highest BCUT2D eigenvalue weighted by Crippen LogP contribution is 2.44. The Hall–Kier alpha value is -1.83. The van der Waals surface area contributed by atoms with Crippen LogP contribution in [0, 0.1) is 0 Å². The number of rotatable bonds is 4. The lowest BCUT2D eigenvalue weighted by Gasteiger charge is -2.33. The standard InChI is InChI=1S/C19H24ClN3O4/c20-15-4-1-3-14-16(15)27-12-7-19(14)17(25)23(18(26)21-19)9-2-8-22-10-5-13(24)6-11-22/h1,3-4,13,24H,2,5-12H2,(H,21,26). The Morgan fingerprint density at radius 3 is 2.81 bits per heavy atom. The molecule has 0 radical (unpaired) electrons. The summed E-state index contributed by atoms with van der Waals surface area (Å²) in [5.41, 5.74) is -0.447. The summed E-state index contributed by atoms with van der Waals surface area (Å²) in [6, 6.07) is 4.92. The van der Waals surface area contributed by atoms with Gasteiger partial charge in [0.1, 0.15) is 5.75 Å². The van der Waals surface area contributed by atoms with Crippen LogP contribution >= 0.6 is 11.6 Å². The minimum absolute atomic E-state index is 0.201. The normalized spacial score (nSPS) is 26.2. The average molecular weight is 394 g/mol. The maximum absolute atomic E-state index is 13.2. The Labute approximate surface area is 163 Å². The van der Waals surface area contributed by atoms with Crippen LogP contribution in [0.5, 0.6) is 5.75 Å². The second-order valence-corrected chi connectivity index (χ2v) is 7.84. The number of likely N-dealkylation sites (tertiary alicyclic amines) is 1. The van der Waals surface area contributed by atoms with Gasteiger partial charge in [0.15, 0.2) is 5.54 Å². The number of urea groups is 1. The number of hydrogen-bond acceptors (Lipinski definition) is 5. The molecular formula is C19H24ClN3O4. The summed E-state index contributed by atoms with van der Waals surface area (Å²) in [5.74, 6) is 0.251. The molecule has 1 unspecified atom stereocenters. The zero-order valence-electron chi connectivity index (χ0n) is 15.1. The molecular weight excluding hydrogens is 370 g/mol. The van der Waals surface area contributed by atoms with Gasteiger partial charge in [-0.15, -0.1) is 0 Å². The molecule has 3 aliphatic rings. The van der Waals surface area contributed by atoms with Crippen LogP contribution in [-0.4, -0.2) is 65.7 Å². The minimum atomic E-state index is -1.08. The van der Waals surface area contributed by atoms with E-state index in [1.807, 2.05) is 0 Å². The minimum Gasteiger partial charge on any atom is -0.492 e. The largest absolute Gasteiger partial charge is 0.492 e. The number of carbonyl (C=O) groups is 2. The van der Waals surface area contributed by atoms with Crippen molar-refractivity contribution in [2.45, 2.75) is 37.3 Å². The third-order valence-corrected chi connectivity index (χ3v) is 6.04. The Balaban J connectivity index is 1.45. The predicted octanol–water partition coefficient (Wildman–Crippen LogP) is 1.72. The molecule has 4 rings (SSSR count). The summed E-state index contributed by atoms with van der Waals surface area (Å²) < 4.78 is 5.65. The van der Waals surface area contributed by atoms with Crippen LogP contribution in [-0.2, 0) is 10.3 Å². The third-order valence-electron chi connectivity index (χ3n) is 5.74. The van der Waals surface area contributed by atoms with Gasteiger partial charge in [-0.1, -0.05) is 23.7 Å². The maximum Gasteiger partial charge on any atom is 0.325 e. The third kappa shape index (κ3) is 3.28. The lowest BCUT2D eigenvalue weighted by atomic mass is 9.84.